The first-order valence-electron chi connectivity index (χ1n) is 7.63. The van der Waals surface area contributed by atoms with Crippen LogP contribution in [0.15, 0.2) is 67.0 Å². The maximum atomic E-state index is 12.2. The second-order valence-corrected chi connectivity index (χ2v) is 5.52. The van der Waals surface area contributed by atoms with E-state index in [9.17, 15) is 4.79 Å². The molecular weight excluding hydrogens is 286 g/mol. The van der Waals surface area contributed by atoms with Crippen LogP contribution < -0.4 is 11.1 Å². The fourth-order valence-electron chi connectivity index (χ4n) is 2.63. The Morgan fingerprint density at radius 1 is 1.04 bits per heavy atom. The molecule has 116 valence electrons. The normalized spacial score (nSPS) is 12.0. The Labute approximate surface area is 135 Å². The summed E-state index contributed by atoms with van der Waals surface area (Å²) in [5, 5.41) is 5.25. The fourth-order valence-corrected chi connectivity index (χ4v) is 2.63. The number of fused-ring (bicyclic) bond motifs is 1. The molecule has 3 aromatic rings. The van der Waals surface area contributed by atoms with Gasteiger partial charge in [-0.1, -0.05) is 42.5 Å². The Morgan fingerprint density at radius 2 is 1.78 bits per heavy atom. The first-order valence-corrected chi connectivity index (χ1v) is 7.63. The van der Waals surface area contributed by atoms with Gasteiger partial charge < -0.3 is 11.1 Å². The lowest BCUT2D eigenvalue weighted by molar-refractivity contribution is -0.122. The molecule has 2 aromatic carbocycles. The number of nitrogens with zero attached hydrogens (tertiary/aromatic N) is 1. The van der Waals surface area contributed by atoms with Crippen molar-refractivity contribution in [3.05, 3.63) is 78.1 Å². The number of aromatic nitrogens is 1. The van der Waals surface area contributed by atoms with Crippen LogP contribution in [0.25, 0.3) is 10.8 Å². The molecule has 3 N–H and O–H groups in total. The third kappa shape index (κ3) is 3.73. The minimum atomic E-state index is -0.563. The zero-order valence-electron chi connectivity index (χ0n) is 12.8. The lowest BCUT2D eigenvalue weighted by Crippen LogP contribution is -2.41. The second kappa shape index (κ2) is 7.03. The number of rotatable bonds is 5. The van der Waals surface area contributed by atoms with Crippen molar-refractivity contribution in [2.45, 2.75) is 19.0 Å². The molecule has 0 aliphatic rings. The predicted octanol–water partition coefficient (Wildman–Crippen LogP) is 2.42. The van der Waals surface area contributed by atoms with Crippen molar-refractivity contribution < 1.29 is 4.79 Å². The smallest absolute Gasteiger partial charge is 0.237 e. The van der Waals surface area contributed by atoms with E-state index in [-0.39, 0.29) is 5.91 Å². The van der Waals surface area contributed by atoms with Crippen molar-refractivity contribution >= 4 is 16.7 Å². The molecule has 0 radical (unpaired) electrons. The van der Waals surface area contributed by atoms with Gasteiger partial charge in [-0.2, -0.15) is 0 Å². The van der Waals surface area contributed by atoms with Crippen LogP contribution in [0.3, 0.4) is 0 Å². The molecule has 0 spiro atoms. The molecule has 3 rings (SSSR count). The van der Waals surface area contributed by atoms with Gasteiger partial charge in [-0.15, -0.1) is 0 Å². The van der Waals surface area contributed by atoms with Gasteiger partial charge in [0, 0.05) is 18.9 Å². The van der Waals surface area contributed by atoms with Gasteiger partial charge in [0.15, 0.2) is 0 Å². The maximum Gasteiger partial charge on any atom is 0.237 e. The highest BCUT2D eigenvalue weighted by molar-refractivity contribution is 5.86. The Bertz CT molecular complexity index is 797. The monoisotopic (exact) mass is 305 g/mol. The molecule has 0 aliphatic heterocycles. The van der Waals surface area contributed by atoms with Gasteiger partial charge in [0.1, 0.15) is 0 Å². The number of pyridine rings is 1. The van der Waals surface area contributed by atoms with Gasteiger partial charge in [-0.3, -0.25) is 9.78 Å². The van der Waals surface area contributed by atoms with E-state index in [0.717, 1.165) is 16.5 Å². The van der Waals surface area contributed by atoms with E-state index in [0.29, 0.717) is 13.0 Å². The van der Waals surface area contributed by atoms with E-state index in [1.165, 1.54) is 5.39 Å². The summed E-state index contributed by atoms with van der Waals surface area (Å²) in [5.41, 5.74) is 8.09. The number of hydrogen-bond acceptors (Lipinski definition) is 3. The first kappa shape index (κ1) is 15.2. The Kier molecular flexibility index (Phi) is 4.64. The van der Waals surface area contributed by atoms with Crippen molar-refractivity contribution in [3.8, 4) is 0 Å². The van der Waals surface area contributed by atoms with Crippen LogP contribution in [0.1, 0.15) is 11.1 Å². The van der Waals surface area contributed by atoms with Crippen LogP contribution >= 0.6 is 0 Å². The molecule has 4 heteroatoms. The maximum absolute atomic E-state index is 12.2. The Morgan fingerprint density at radius 3 is 2.61 bits per heavy atom. The minimum absolute atomic E-state index is 0.144. The summed E-state index contributed by atoms with van der Waals surface area (Å²) in [6.07, 6.45) is 3.91. The van der Waals surface area contributed by atoms with Crippen molar-refractivity contribution in [2.75, 3.05) is 0 Å². The molecule has 0 fully saturated rings. The number of nitrogens with two attached hydrogens (primary N) is 1. The number of amides is 1. The molecule has 4 nitrogen and oxygen atoms in total. The van der Waals surface area contributed by atoms with Gasteiger partial charge >= 0.3 is 0 Å². The lowest BCUT2D eigenvalue weighted by Gasteiger charge is -2.13. The summed E-state index contributed by atoms with van der Waals surface area (Å²) in [6.45, 7) is 0.476. The molecule has 1 aromatic heterocycles. The molecular formula is C19H19N3O. The van der Waals surface area contributed by atoms with E-state index in [2.05, 4.69) is 28.5 Å². The van der Waals surface area contributed by atoms with Crippen LogP contribution in [0.2, 0.25) is 0 Å². The van der Waals surface area contributed by atoms with Gasteiger partial charge in [-0.25, -0.2) is 0 Å². The Balaban J connectivity index is 1.64. The zero-order chi connectivity index (χ0) is 16.1. The molecule has 1 heterocycles. The topological polar surface area (TPSA) is 68.0 Å². The highest BCUT2D eigenvalue weighted by Crippen LogP contribution is 2.18. The van der Waals surface area contributed by atoms with E-state index >= 15 is 0 Å². The van der Waals surface area contributed by atoms with Crippen LogP contribution in [-0.2, 0) is 17.8 Å². The zero-order valence-corrected chi connectivity index (χ0v) is 12.8. The molecule has 0 saturated carbocycles. The highest BCUT2D eigenvalue weighted by Gasteiger charge is 2.14. The van der Waals surface area contributed by atoms with Crippen LogP contribution in [-0.4, -0.2) is 16.9 Å². The van der Waals surface area contributed by atoms with Crippen molar-refractivity contribution in [3.63, 3.8) is 0 Å². The predicted molar refractivity (Wildman–Crippen MR) is 91.7 cm³/mol. The second-order valence-electron chi connectivity index (χ2n) is 5.52. The first-order chi connectivity index (χ1) is 11.2. The largest absolute Gasteiger partial charge is 0.351 e. The number of hydrogen-bond donors (Lipinski definition) is 2. The van der Waals surface area contributed by atoms with Crippen LogP contribution in [0.5, 0.6) is 0 Å². The average Bonchev–Trinajstić information content (AvgIpc) is 2.60. The molecule has 1 atom stereocenters. The SMILES string of the molecule is NC(Cc1ccncc1)C(=O)NCc1cccc2ccccc12. The quantitative estimate of drug-likeness (QED) is 0.760. The van der Waals surface area contributed by atoms with Crippen molar-refractivity contribution in [1.82, 2.24) is 10.3 Å². The summed E-state index contributed by atoms with van der Waals surface area (Å²) >= 11 is 0. The number of carbonyl (C=O) groups excluding carboxylic acids is 1. The fraction of sp³-hybridized carbons (Fsp3) is 0.158. The van der Waals surface area contributed by atoms with Crippen molar-refractivity contribution in [2.24, 2.45) is 5.73 Å². The molecule has 0 aliphatic carbocycles. The van der Waals surface area contributed by atoms with Gasteiger partial charge in [-0.05, 0) is 40.5 Å². The number of nitrogens with one attached hydrogen (secondary N) is 1. The molecule has 0 bridgehead atoms. The minimum Gasteiger partial charge on any atom is -0.351 e. The van der Waals surface area contributed by atoms with Crippen molar-refractivity contribution in [1.29, 1.82) is 0 Å². The van der Waals surface area contributed by atoms with E-state index in [4.69, 9.17) is 5.73 Å². The lowest BCUT2D eigenvalue weighted by atomic mass is 10.0. The van der Waals surface area contributed by atoms with Gasteiger partial charge in [0.05, 0.1) is 6.04 Å². The highest BCUT2D eigenvalue weighted by atomic mass is 16.2. The van der Waals surface area contributed by atoms with E-state index in [1.807, 2.05) is 36.4 Å². The van der Waals surface area contributed by atoms with Crippen LogP contribution in [0, 0.1) is 0 Å². The summed E-state index contributed by atoms with van der Waals surface area (Å²) in [5.74, 6) is -0.144. The summed E-state index contributed by atoms with van der Waals surface area (Å²) in [6, 6.07) is 17.4. The van der Waals surface area contributed by atoms with E-state index in [1.54, 1.807) is 12.4 Å². The number of benzene rings is 2. The molecule has 1 unspecified atom stereocenters. The standard InChI is InChI=1S/C19H19N3O/c20-18(12-14-8-10-21-11-9-14)19(23)22-13-16-6-3-5-15-4-1-2-7-17(15)16/h1-11,18H,12-13,20H2,(H,22,23). The average molecular weight is 305 g/mol. The molecule has 1 amide bonds. The van der Waals surface area contributed by atoms with Crippen LogP contribution in [0.4, 0.5) is 0 Å². The van der Waals surface area contributed by atoms with E-state index < -0.39 is 6.04 Å². The molecule has 0 saturated heterocycles. The Hall–Kier alpha value is -2.72. The third-order valence-electron chi connectivity index (χ3n) is 3.87. The third-order valence-corrected chi connectivity index (χ3v) is 3.87. The summed E-state index contributed by atoms with van der Waals surface area (Å²) < 4.78 is 0. The molecule has 23 heavy (non-hydrogen) atoms. The number of carbonyl (C=O) groups is 1. The van der Waals surface area contributed by atoms with Gasteiger partial charge in [0.25, 0.3) is 0 Å². The summed E-state index contributed by atoms with van der Waals surface area (Å²) in [7, 11) is 0. The van der Waals surface area contributed by atoms with Gasteiger partial charge in [0.2, 0.25) is 5.91 Å². The summed E-state index contributed by atoms with van der Waals surface area (Å²) in [4.78, 5) is 16.2.